The smallest absolute Gasteiger partial charge is 0.0722 e. The van der Waals surface area contributed by atoms with Crippen LogP contribution in [0.15, 0.2) is 36.5 Å². The van der Waals surface area contributed by atoms with E-state index in [0.717, 1.165) is 12.1 Å². The summed E-state index contributed by atoms with van der Waals surface area (Å²) >= 11 is 0. The summed E-state index contributed by atoms with van der Waals surface area (Å²) in [7, 11) is 0. The molecule has 1 aromatic heterocycles. The van der Waals surface area contributed by atoms with E-state index in [1.807, 2.05) is 24.4 Å². The molecule has 2 nitrogen and oxygen atoms in total. The summed E-state index contributed by atoms with van der Waals surface area (Å²) in [4.78, 5) is 4.33. The van der Waals surface area contributed by atoms with Crippen LogP contribution in [-0.4, -0.2) is 11.5 Å². The molecule has 0 unspecified atom stereocenters. The minimum atomic E-state index is 1.03. The molecule has 0 amide bonds. The zero-order valence-electron chi connectivity index (χ0n) is 9.03. The summed E-state index contributed by atoms with van der Waals surface area (Å²) in [5.41, 5.74) is 2.24. The highest BCUT2D eigenvalue weighted by Crippen LogP contribution is 2.20. The molecule has 2 aromatic rings. The topological polar surface area (TPSA) is 24.9 Å². The van der Waals surface area contributed by atoms with Gasteiger partial charge in [-0.15, -0.1) is 0 Å². The third-order valence-corrected chi connectivity index (χ3v) is 2.49. The van der Waals surface area contributed by atoms with Crippen molar-refractivity contribution in [3.05, 3.63) is 36.5 Å². The van der Waals surface area contributed by atoms with Crippen LogP contribution >= 0.6 is 0 Å². The Bertz CT molecular complexity index is 432. The molecule has 1 N–H and O–H groups in total. The monoisotopic (exact) mass is 200 g/mol. The van der Waals surface area contributed by atoms with Gasteiger partial charge in [0, 0.05) is 23.8 Å². The van der Waals surface area contributed by atoms with E-state index in [1.54, 1.807) is 0 Å². The molecule has 0 saturated heterocycles. The minimum Gasteiger partial charge on any atom is -0.384 e. The van der Waals surface area contributed by atoms with E-state index >= 15 is 0 Å². The Morgan fingerprint density at radius 3 is 3.00 bits per heavy atom. The van der Waals surface area contributed by atoms with E-state index in [-0.39, 0.29) is 0 Å². The van der Waals surface area contributed by atoms with Crippen LogP contribution in [0.1, 0.15) is 19.8 Å². The maximum Gasteiger partial charge on any atom is 0.0722 e. The van der Waals surface area contributed by atoms with Gasteiger partial charge >= 0.3 is 0 Å². The molecule has 78 valence electrons. The molecule has 2 heteroatoms. The summed E-state index contributed by atoms with van der Waals surface area (Å²) < 4.78 is 0. The summed E-state index contributed by atoms with van der Waals surface area (Å²) in [5.74, 6) is 0. The van der Waals surface area contributed by atoms with E-state index in [1.165, 1.54) is 23.9 Å². The largest absolute Gasteiger partial charge is 0.384 e. The molecule has 0 aliphatic heterocycles. The lowest BCUT2D eigenvalue weighted by atomic mass is 10.2. The van der Waals surface area contributed by atoms with Crippen LogP contribution in [-0.2, 0) is 0 Å². The SMILES string of the molecule is CCCCNc1cccc2ncccc12. The molecule has 0 spiro atoms. The summed E-state index contributed by atoms with van der Waals surface area (Å²) in [6.45, 7) is 3.23. The number of anilines is 1. The Balaban J connectivity index is 2.26. The highest BCUT2D eigenvalue weighted by atomic mass is 14.9. The van der Waals surface area contributed by atoms with Crippen molar-refractivity contribution >= 4 is 16.6 Å². The molecule has 1 heterocycles. The number of fused-ring (bicyclic) bond motifs is 1. The normalized spacial score (nSPS) is 10.5. The van der Waals surface area contributed by atoms with Crippen molar-refractivity contribution in [2.75, 3.05) is 11.9 Å². The number of benzene rings is 1. The van der Waals surface area contributed by atoms with Gasteiger partial charge in [0.05, 0.1) is 5.52 Å². The first kappa shape index (κ1) is 9.97. The Labute approximate surface area is 90.3 Å². The van der Waals surface area contributed by atoms with Crippen LogP contribution in [0.25, 0.3) is 10.9 Å². The van der Waals surface area contributed by atoms with E-state index in [4.69, 9.17) is 0 Å². The standard InChI is InChI=1S/C13H16N2/c1-2-3-9-14-12-7-4-8-13-11(12)6-5-10-15-13/h4-8,10,14H,2-3,9H2,1H3. The maximum absolute atomic E-state index is 4.33. The van der Waals surface area contributed by atoms with Crippen molar-refractivity contribution in [3.8, 4) is 0 Å². The molecule has 0 fully saturated rings. The lowest BCUT2D eigenvalue weighted by Gasteiger charge is -2.08. The van der Waals surface area contributed by atoms with Gasteiger partial charge in [-0.05, 0) is 30.7 Å². The number of nitrogens with one attached hydrogen (secondary N) is 1. The first-order chi connectivity index (χ1) is 7.42. The third kappa shape index (κ3) is 2.27. The number of unbranched alkanes of at least 4 members (excludes halogenated alkanes) is 1. The molecule has 1 aromatic carbocycles. The fraction of sp³-hybridized carbons (Fsp3) is 0.308. The molecule has 0 bridgehead atoms. The summed E-state index contributed by atoms with van der Waals surface area (Å²) in [6, 6.07) is 10.3. The Morgan fingerprint density at radius 2 is 2.13 bits per heavy atom. The van der Waals surface area contributed by atoms with Crippen molar-refractivity contribution < 1.29 is 0 Å². The van der Waals surface area contributed by atoms with E-state index in [2.05, 4.69) is 29.4 Å². The fourth-order valence-electron chi connectivity index (χ4n) is 1.66. The molecular weight excluding hydrogens is 184 g/mol. The van der Waals surface area contributed by atoms with Crippen LogP contribution in [0, 0.1) is 0 Å². The Hall–Kier alpha value is -1.57. The number of hydrogen-bond acceptors (Lipinski definition) is 2. The highest BCUT2D eigenvalue weighted by Gasteiger charge is 1.98. The molecular formula is C13H16N2. The minimum absolute atomic E-state index is 1.03. The van der Waals surface area contributed by atoms with Crippen LogP contribution in [0.5, 0.6) is 0 Å². The summed E-state index contributed by atoms with van der Waals surface area (Å²) in [5, 5.41) is 4.65. The average Bonchev–Trinajstić information content (AvgIpc) is 2.30. The zero-order chi connectivity index (χ0) is 10.5. The quantitative estimate of drug-likeness (QED) is 0.765. The van der Waals surface area contributed by atoms with Crippen LogP contribution in [0.4, 0.5) is 5.69 Å². The van der Waals surface area contributed by atoms with Crippen molar-refractivity contribution in [3.63, 3.8) is 0 Å². The van der Waals surface area contributed by atoms with E-state index in [0.29, 0.717) is 0 Å². The summed E-state index contributed by atoms with van der Waals surface area (Å²) in [6.07, 6.45) is 4.25. The van der Waals surface area contributed by atoms with Crippen LogP contribution in [0.3, 0.4) is 0 Å². The third-order valence-electron chi connectivity index (χ3n) is 2.49. The van der Waals surface area contributed by atoms with Gasteiger partial charge in [-0.1, -0.05) is 19.4 Å². The molecule has 15 heavy (non-hydrogen) atoms. The number of rotatable bonds is 4. The van der Waals surface area contributed by atoms with Crippen molar-refractivity contribution in [2.24, 2.45) is 0 Å². The van der Waals surface area contributed by atoms with Crippen molar-refractivity contribution in [1.82, 2.24) is 4.98 Å². The van der Waals surface area contributed by atoms with Gasteiger partial charge in [0.2, 0.25) is 0 Å². The lowest BCUT2D eigenvalue weighted by Crippen LogP contribution is -2.01. The maximum atomic E-state index is 4.33. The van der Waals surface area contributed by atoms with Gasteiger partial charge < -0.3 is 5.32 Å². The van der Waals surface area contributed by atoms with Gasteiger partial charge in [-0.2, -0.15) is 0 Å². The first-order valence-electron chi connectivity index (χ1n) is 5.49. The Kier molecular flexibility index (Phi) is 3.18. The zero-order valence-corrected chi connectivity index (χ0v) is 9.03. The van der Waals surface area contributed by atoms with Gasteiger partial charge in [0.1, 0.15) is 0 Å². The van der Waals surface area contributed by atoms with E-state index in [9.17, 15) is 0 Å². The second-order valence-electron chi connectivity index (χ2n) is 3.66. The van der Waals surface area contributed by atoms with Gasteiger partial charge in [-0.3, -0.25) is 4.98 Å². The molecule has 0 saturated carbocycles. The predicted octanol–water partition coefficient (Wildman–Crippen LogP) is 3.45. The van der Waals surface area contributed by atoms with E-state index < -0.39 is 0 Å². The molecule has 2 rings (SSSR count). The highest BCUT2D eigenvalue weighted by molar-refractivity contribution is 5.91. The Morgan fingerprint density at radius 1 is 1.20 bits per heavy atom. The van der Waals surface area contributed by atoms with Crippen LogP contribution in [0.2, 0.25) is 0 Å². The average molecular weight is 200 g/mol. The second-order valence-corrected chi connectivity index (χ2v) is 3.66. The van der Waals surface area contributed by atoms with Crippen molar-refractivity contribution in [2.45, 2.75) is 19.8 Å². The van der Waals surface area contributed by atoms with Gasteiger partial charge in [0.25, 0.3) is 0 Å². The number of nitrogens with zero attached hydrogens (tertiary/aromatic N) is 1. The predicted molar refractivity (Wildman–Crippen MR) is 65.1 cm³/mol. The second kappa shape index (κ2) is 4.78. The molecule has 0 radical (unpaired) electrons. The van der Waals surface area contributed by atoms with Gasteiger partial charge in [-0.25, -0.2) is 0 Å². The number of aromatic nitrogens is 1. The molecule has 0 atom stereocenters. The molecule has 0 aliphatic rings. The van der Waals surface area contributed by atoms with Crippen molar-refractivity contribution in [1.29, 1.82) is 0 Å². The lowest BCUT2D eigenvalue weighted by molar-refractivity contribution is 0.835. The molecule has 0 aliphatic carbocycles. The first-order valence-corrected chi connectivity index (χ1v) is 5.49. The van der Waals surface area contributed by atoms with Crippen LogP contribution < -0.4 is 5.32 Å². The number of hydrogen-bond donors (Lipinski definition) is 1. The van der Waals surface area contributed by atoms with Gasteiger partial charge in [0.15, 0.2) is 0 Å². The number of pyridine rings is 1. The fourth-order valence-corrected chi connectivity index (χ4v) is 1.66.